The highest BCUT2D eigenvalue weighted by Gasteiger charge is 2.18. The van der Waals surface area contributed by atoms with Crippen molar-refractivity contribution in [3.05, 3.63) is 113 Å². The van der Waals surface area contributed by atoms with Gasteiger partial charge in [0, 0.05) is 41.5 Å². The van der Waals surface area contributed by atoms with Gasteiger partial charge in [-0.05, 0) is 61.4 Å². The Labute approximate surface area is 236 Å². The summed E-state index contributed by atoms with van der Waals surface area (Å²) in [5, 5.41) is 7.58. The van der Waals surface area contributed by atoms with E-state index in [-0.39, 0.29) is 11.8 Å². The Bertz CT molecular complexity index is 1810. The smallest absolute Gasteiger partial charge is 0.256 e. The van der Waals surface area contributed by atoms with Crippen LogP contribution in [0.15, 0.2) is 85.2 Å². The van der Waals surface area contributed by atoms with Crippen LogP contribution in [0.1, 0.15) is 37.5 Å². The van der Waals surface area contributed by atoms with Crippen molar-refractivity contribution in [2.45, 2.75) is 6.92 Å². The number of anilines is 1. The van der Waals surface area contributed by atoms with E-state index in [2.05, 4.69) is 27.1 Å². The van der Waals surface area contributed by atoms with Gasteiger partial charge in [0.2, 0.25) is 0 Å². The number of amides is 2. The Hall–Kier alpha value is -5.33. The van der Waals surface area contributed by atoms with Gasteiger partial charge in [0.05, 0.1) is 25.1 Å². The van der Waals surface area contributed by atoms with Gasteiger partial charge in [-0.2, -0.15) is 5.10 Å². The molecule has 5 aromatic rings. The number of carbonyl (C=O) groups is 2. The van der Waals surface area contributed by atoms with Crippen molar-refractivity contribution in [3.8, 4) is 23.1 Å². The molecule has 202 valence electrons. The minimum absolute atomic E-state index is 0.00410. The summed E-state index contributed by atoms with van der Waals surface area (Å²) in [5.74, 6) is 6.43. The summed E-state index contributed by atoms with van der Waals surface area (Å²) in [4.78, 5) is 35.9. The van der Waals surface area contributed by atoms with E-state index in [1.807, 2.05) is 66.4 Å². The first-order valence-corrected chi connectivity index (χ1v) is 13.2. The number of rotatable bonds is 4. The second-order valence-electron chi connectivity index (χ2n) is 9.62. The maximum Gasteiger partial charge on any atom is 0.256 e. The topological polar surface area (TPSA) is 102 Å². The molecule has 9 heteroatoms. The minimum atomic E-state index is -0.233. The third-order valence-corrected chi connectivity index (χ3v) is 6.70. The zero-order chi connectivity index (χ0) is 28.2. The molecule has 3 aromatic heterocycles. The van der Waals surface area contributed by atoms with Crippen molar-refractivity contribution in [2.24, 2.45) is 0 Å². The third-order valence-electron chi connectivity index (χ3n) is 6.70. The first-order valence-electron chi connectivity index (χ1n) is 13.2. The number of pyridine rings is 1. The maximum atomic E-state index is 12.8. The number of hydrogen-bond donors (Lipinski definition) is 1. The molecule has 1 aliphatic heterocycles. The van der Waals surface area contributed by atoms with Crippen LogP contribution in [0, 0.1) is 18.8 Å². The van der Waals surface area contributed by atoms with Gasteiger partial charge in [-0.25, -0.2) is 14.5 Å². The van der Waals surface area contributed by atoms with Crippen molar-refractivity contribution < 1.29 is 14.3 Å². The van der Waals surface area contributed by atoms with Crippen LogP contribution < -0.4 is 5.32 Å². The van der Waals surface area contributed by atoms with Crippen molar-refractivity contribution >= 4 is 23.3 Å². The van der Waals surface area contributed by atoms with E-state index >= 15 is 0 Å². The number of carbonyl (C=O) groups excluding carboxylic acids is 2. The molecule has 0 aliphatic carbocycles. The molecule has 0 saturated carbocycles. The lowest BCUT2D eigenvalue weighted by Gasteiger charge is -2.26. The van der Waals surface area contributed by atoms with Crippen molar-refractivity contribution in [2.75, 3.05) is 31.6 Å². The maximum absolute atomic E-state index is 12.8. The number of aryl methyl sites for hydroxylation is 1. The summed E-state index contributed by atoms with van der Waals surface area (Å²) in [5.41, 5.74) is 5.78. The molecule has 1 saturated heterocycles. The molecular weight excluding hydrogens is 516 g/mol. The zero-order valence-electron chi connectivity index (χ0n) is 22.4. The van der Waals surface area contributed by atoms with E-state index in [4.69, 9.17) is 9.84 Å². The number of ether oxygens (including phenoxy) is 1. The Morgan fingerprint density at radius 1 is 0.902 bits per heavy atom. The summed E-state index contributed by atoms with van der Waals surface area (Å²) < 4.78 is 7.03. The summed E-state index contributed by atoms with van der Waals surface area (Å²) in [7, 11) is 0. The number of benzene rings is 2. The number of morpholine rings is 1. The average Bonchev–Trinajstić information content (AvgIpc) is 3.42. The Kier molecular flexibility index (Phi) is 7.22. The van der Waals surface area contributed by atoms with Crippen LogP contribution in [0.3, 0.4) is 0 Å². The number of nitrogens with zero attached hydrogens (tertiary/aromatic N) is 5. The van der Waals surface area contributed by atoms with Gasteiger partial charge in [0.25, 0.3) is 11.8 Å². The molecular formula is C32H26N6O3. The van der Waals surface area contributed by atoms with E-state index in [9.17, 15) is 9.59 Å². The van der Waals surface area contributed by atoms with Crippen molar-refractivity contribution in [1.29, 1.82) is 0 Å². The molecule has 1 fully saturated rings. The quantitative estimate of drug-likeness (QED) is 0.341. The molecule has 0 atom stereocenters. The van der Waals surface area contributed by atoms with Gasteiger partial charge < -0.3 is 15.0 Å². The normalized spacial score (nSPS) is 13.0. The van der Waals surface area contributed by atoms with Gasteiger partial charge >= 0.3 is 0 Å². The largest absolute Gasteiger partial charge is 0.378 e. The molecule has 0 radical (unpaired) electrons. The fourth-order valence-corrected chi connectivity index (χ4v) is 4.53. The average molecular weight is 543 g/mol. The van der Waals surface area contributed by atoms with Gasteiger partial charge in [-0.15, -0.1) is 0 Å². The van der Waals surface area contributed by atoms with Crippen LogP contribution in [0.25, 0.3) is 16.9 Å². The van der Waals surface area contributed by atoms with Crippen molar-refractivity contribution in [1.82, 2.24) is 24.5 Å². The number of fused-ring (bicyclic) bond motifs is 1. The SMILES string of the molecule is Cc1cccc(C(=O)Nc2cc(C#Cc3cnc4ccc(-c5ccc(C(=O)N6CCOCC6)cc5)nn34)ccn2)c1. The molecule has 0 spiro atoms. The van der Waals surface area contributed by atoms with Crippen LogP contribution in [0.5, 0.6) is 0 Å². The lowest BCUT2D eigenvalue weighted by atomic mass is 10.1. The molecule has 2 amide bonds. The Morgan fingerprint density at radius 2 is 1.73 bits per heavy atom. The van der Waals surface area contributed by atoms with Crippen LogP contribution >= 0.6 is 0 Å². The predicted molar refractivity (Wildman–Crippen MR) is 154 cm³/mol. The second kappa shape index (κ2) is 11.4. The number of imidazole rings is 1. The van der Waals surface area contributed by atoms with E-state index in [0.29, 0.717) is 60.2 Å². The summed E-state index contributed by atoms with van der Waals surface area (Å²) >= 11 is 0. The fraction of sp³-hybridized carbons (Fsp3) is 0.156. The Morgan fingerprint density at radius 3 is 2.54 bits per heavy atom. The first kappa shape index (κ1) is 25.9. The molecule has 9 nitrogen and oxygen atoms in total. The van der Waals surface area contributed by atoms with E-state index in [0.717, 1.165) is 16.8 Å². The second-order valence-corrected chi connectivity index (χ2v) is 9.62. The summed E-state index contributed by atoms with van der Waals surface area (Å²) in [6.07, 6.45) is 3.28. The van der Waals surface area contributed by atoms with E-state index in [1.165, 1.54) is 0 Å². The van der Waals surface area contributed by atoms with E-state index < -0.39 is 0 Å². The van der Waals surface area contributed by atoms with Crippen LogP contribution in [0.4, 0.5) is 5.82 Å². The summed E-state index contributed by atoms with van der Waals surface area (Å²) in [6, 6.07) is 22.1. The van der Waals surface area contributed by atoms with Crippen LogP contribution in [-0.2, 0) is 4.74 Å². The monoisotopic (exact) mass is 542 g/mol. The first-order chi connectivity index (χ1) is 20.0. The molecule has 6 rings (SSSR count). The fourth-order valence-electron chi connectivity index (χ4n) is 4.53. The molecule has 1 N–H and O–H groups in total. The van der Waals surface area contributed by atoms with Crippen LogP contribution in [-0.4, -0.2) is 62.6 Å². The summed E-state index contributed by atoms with van der Waals surface area (Å²) in [6.45, 7) is 4.28. The minimum Gasteiger partial charge on any atom is -0.378 e. The number of nitrogens with one attached hydrogen (secondary N) is 1. The Balaban J connectivity index is 1.20. The van der Waals surface area contributed by atoms with Gasteiger partial charge in [0.1, 0.15) is 11.5 Å². The number of hydrogen-bond acceptors (Lipinski definition) is 6. The highest BCUT2D eigenvalue weighted by atomic mass is 16.5. The lowest BCUT2D eigenvalue weighted by Crippen LogP contribution is -2.40. The predicted octanol–water partition coefficient (Wildman–Crippen LogP) is 4.22. The molecule has 4 heterocycles. The molecule has 2 aromatic carbocycles. The number of aromatic nitrogens is 4. The van der Waals surface area contributed by atoms with Crippen molar-refractivity contribution in [3.63, 3.8) is 0 Å². The highest BCUT2D eigenvalue weighted by Crippen LogP contribution is 2.20. The van der Waals surface area contributed by atoms with E-state index in [1.54, 1.807) is 35.1 Å². The highest BCUT2D eigenvalue weighted by molar-refractivity contribution is 6.03. The molecule has 1 aliphatic rings. The lowest BCUT2D eigenvalue weighted by molar-refractivity contribution is 0.0303. The van der Waals surface area contributed by atoms with Crippen LogP contribution in [0.2, 0.25) is 0 Å². The standard InChI is InChI=1S/C32H26N6O3/c1-22-3-2-4-26(19-22)31(39)35-29-20-23(13-14-33-29)5-10-27-21-34-30-12-11-28(36-38(27)30)24-6-8-25(9-7-24)32(40)37-15-17-41-18-16-37/h2-4,6-9,11-14,19-21H,15-18H2,1H3,(H,33,35,39). The van der Waals surface area contributed by atoms with Gasteiger partial charge in [0.15, 0.2) is 5.65 Å². The zero-order valence-corrected chi connectivity index (χ0v) is 22.4. The molecule has 0 bridgehead atoms. The third kappa shape index (κ3) is 5.83. The van der Waals surface area contributed by atoms with Gasteiger partial charge in [-0.1, -0.05) is 35.7 Å². The molecule has 41 heavy (non-hydrogen) atoms. The molecule has 0 unspecified atom stereocenters. The van der Waals surface area contributed by atoms with Gasteiger partial charge in [-0.3, -0.25) is 9.59 Å².